The zero-order valence-corrected chi connectivity index (χ0v) is 9.67. The Labute approximate surface area is 85.2 Å². The molecule has 0 aromatic rings. The highest BCUT2D eigenvalue weighted by Gasteiger charge is 2.16. The van der Waals surface area contributed by atoms with Gasteiger partial charge in [-0.2, -0.15) is 0 Å². The molecule has 0 rings (SSSR count). The number of hydrogen-bond donors (Lipinski definition) is 1. The highest BCUT2D eigenvalue weighted by Crippen LogP contribution is 1.98. The van der Waals surface area contributed by atoms with E-state index in [-0.39, 0.29) is 30.7 Å². The molecular weight excluding hydrogens is 204 g/mol. The van der Waals surface area contributed by atoms with E-state index in [2.05, 4.69) is 0 Å². The van der Waals surface area contributed by atoms with Crippen molar-refractivity contribution in [2.24, 2.45) is 11.7 Å². The first-order valence-corrected chi connectivity index (χ1v) is 6.46. The molecule has 0 aliphatic carbocycles. The Bertz CT molecular complexity index is 287. The number of amides is 1. The van der Waals surface area contributed by atoms with Crippen molar-refractivity contribution in [3.05, 3.63) is 0 Å². The van der Waals surface area contributed by atoms with Gasteiger partial charge in [0, 0.05) is 32.3 Å². The summed E-state index contributed by atoms with van der Waals surface area (Å²) in [4.78, 5) is 12.8. The third-order valence-corrected chi connectivity index (χ3v) is 2.87. The van der Waals surface area contributed by atoms with E-state index in [1.54, 1.807) is 14.0 Å². The molecule has 2 N–H and O–H groups in total. The van der Waals surface area contributed by atoms with Crippen LogP contribution in [0.15, 0.2) is 0 Å². The van der Waals surface area contributed by atoms with Crippen LogP contribution in [-0.4, -0.2) is 51.4 Å². The second kappa shape index (κ2) is 5.31. The predicted octanol–water partition coefficient (Wildman–Crippen LogP) is -0.916. The molecule has 0 aromatic heterocycles. The summed E-state index contributed by atoms with van der Waals surface area (Å²) in [6.45, 7) is 2.23. The van der Waals surface area contributed by atoms with Gasteiger partial charge < -0.3 is 10.6 Å². The molecule has 1 amide bonds. The van der Waals surface area contributed by atoms with E-state index in [4.69, 9.17) is 5.73 Å². The van der Waals surface area contributed by atoms with Gasteiger partial charge in [0.25, 0.3) is 0 Å². The molecule has 0 radical (unpaired) electrons. The maximum absolute atomic E-state index is 11.4. The molecule has 0 saturated heterocycles. The quantitative estimate of drug-likeness (QED) is 0.652. The van der Waals surface area contributed by atoms with E-state index in [1.165, 1.54) is 4.90 Å². The minimum absolute atomic E-state index is 0.00741. The van der Waals surface area contributed by atoms with Gasteiger partial charge in [0.15, 0.2) is 0 Å². The van der Waals surface area contributed by atoms with E-state index >= 15 is 0 Å². The third-order valence-electron chi connectivity index (χ3n) is 1.95. The first kappa shape index (κ1) is 13.4. The summed E-state index contributed by atoms with van der Waals surface area (Å²) in [5, 5.41) is 0. The van der Waals surface area contributed by atoms with E-state index in [1.807, 2.05) is 0 Å². The largest absolute Gasteiger partial charge is 0.344 e. The first-order chi connectivity index (χ1) is 6.28. The summed E-state index contributed by atoms with van der Waals surface area (Å²) < 4.78 is 21.7. The van der Waals surface area contributed by atoms with Crippen molar-refractivity contribution < 1.29 is 13.2 Å². The predicted molar refractivity (Wildman–Crippen MR) is 55.6 cm³/mol. The lowest BCUT2D eigenvalue weighted by molar-refractivity contribution is -0.133. The summed E-state index contributed by atoms with van der Waals surface area (Å²) in [5.41, 5.74) is 5.33. The average Bonchev–Trinajstić information content (AvgIpc) is 2.10. The van der Waals surface area contributed by atoms with E-state index in [9.17, 15) is 13.2 Å². The number of nitrogens with two attached hydrogens (primary N) is 1. The van der Waals surface area contributed by atoms with Crippen molar-refractivity contribution in [2.75, 3.05) is 32.1 Å². The van der Waals surface area contributed by atoms with Crippen LogP contribution < -0.4 is 5.73 Å². The van der Waals surface area contributed by atoms with E-state index in [0.717, 1.165) is 6.26 Å². The van der Waals surface area contributed by atoms with Gasteiger partial charge in [-0.25, -0.2) is 8.42 Å². The number of carbonyl (C=O) groups is 1. The van der Waals surface area contributed by atoms with Crippen LogP contribution in [0.4, 0.5) is 0 Å². The Morgan fingerprint density at radius 1 is 1.50 bits per heavy atom. The summed E-state index contributed by atoms with van der Waals surface area (Å²) in [6.07, 6.45) is 1.15. The molecule has 1 unspecified atom stereocenters. The second-order valence-corrected chi connectivity index (χ2v) is 5.79. The second-order valence-electron chi connectivity index (χ2n) is 3.53. The fourth-order valence-electron chi connectivity index (χ4n) is 0.890. The van der Waals surface area contributed by atoms with Crippen molar-refractivity contribution in [1.29, 1.82) is 0 Å². The average molecular weight is 222 g/mol. The molecule has 0 aliphatic rings. The Balaban J connectivity index is 4.09. The molecule has 14 heavy (non-hydrogen) atoms. The lowest BCUT2D eigenvalue weighted by Gasteiger charge is -2.19. The van der Waals surface area contributed by atoms with Crippen LogP contribution in [0.2, 0.25) is 0 Å². The number of carbonyl (C=O) groups excluding carboxylic acids is 1. The van der Waals surface area contributed by atoms with Crippen LogP contribution in [0, 0.1) is 5.92 Å². The van der Waals surface area contributed by atoms with Crippen LogP contribution in [0.1, 0.15) is 6.92 Å². The molecule has 0 heterocycles. The Kier molecular flexibility index (Phi) is 5.07. The third kappa shape index (κ3) is 5.18. The van der Waals surface area contributed by atoms with Crippen molar-refractivity contribution in [1.82, 2.24) is 4.90 Å². The van der Waals surface area contributed by atoms with E-state index < -0.39 is 9.84 Å². The molecule has 6 heteroatoms. The first-order valence-electron chi connectivity index (χ1n) is 4.40. The lowest BCUT2D eigenvalue weighted by Crippen LogP contribution is -2.37. The molecule has 0 aromatic carbocycles. The van der Waals surface area contributed by atoms with Crippen molar-refractivity contribution in [3.63, 3.8) is 0 Å². The number of sulfone groups is 1. The molecule has 5 nitrogen and oxygen atoms in total. The zero-order chi connectivity index (χ0) is 11.4. The van der Waals surface area contributed by atoms with E-state index in [0.29, 0.717) is 0 Å². The standard InChI is InChI=1S/C8H18N2O3S/c1-7(6-9)8(11)10(2)4-5-14(3,12)13/h7H,4-6,9H2,1-3H3. The van der Waals surface area contributed by atoms with Gasteiger partial charge in [-0.05, 0) is 0 Å². The normalized spacial score (nSPS) is 13.7. The summed E-state index contributed by atoms with van der Waals surface area (Å²) in [6, 6.07) is 0. The Morgan fingerprint density at radius 3 is 2.36 bits per heavy atom. The molecule has 0 spiro atoms. The minimum atomic E-state index is -3.01. The lowest BCUT2D eigenvalue weighted by atomic mass is 10.1. The zero-order valence-electron chi connectivity index (χ0n) is 8.86. The molecule has 0 aliphatic heterocycles. The Hall–Kier alpha value is -0.620. The summed E-state index contributed by atoms with van der Waals surface area (Å²) >= 11 is 0. The fourth-order valence-corrected chi connectivity index (χ4v) is 1.50. The molecule has 0 fully saturated rings. The topological polar surface area (TPSA) is 80.5 Å². The maximum Gasteiger partial charge on any atom is 0.226 e. The van der Waals surface area contributed by atoms with Crippen molar-refractivity contribution >= 4 is 15.7 Å². The van der Waals surface area contributed by atoms with Crippen LogP contribution in [0.3, 0.4) is 0 Å². The fraction of sp³-hybridized carbons (Fsp3) is 0.875. The van der Waals surface area contributed by atoms with Gasteiger partial charge in [-0.3, -0.25) is 4.79 Å². The molecule has 0 bridgehead atoms. The SMILES string of the molecule is CC(CN)C(=O)N(C)CCS(C)(=O)=O. The van der Waals surface area contributed by atoms with Gasteiger partial charge in [0.2, 0.25) is 5.91 Å². The Morgan fingerprint density at radius 2 is 2.00 bits per heavy atom. The molecule has 0 saturated carbocycles. The molecule has 84 valence electrons. The summed E-state index contributed by atoms with van der Waals surface area (Å²) in [5.74, 6) is -0.372. The van der Waals surface area contributed by atoms with Crippen LogP contribution in [0.5, 0.6) is 0 Å². The number of rotatable bonds is 5. The van der Waals surface area contributed by atoms with Gasteiger partial charge >= 0.3 is 0 Å². The smallest absolute Gasteiger partial charge is 0.226 e. The minimum Gasteiger partial charge on any atom is -0.344 e. The highest BCUT2D eigenvalue weighted by atomic mass is 32.2. The van der Waals surface area contributed by atoms with Crippen molar-refractivity contribution in [3.8, 4) is 0 Å². The van der Waals surface area contributed by atoms with Gasteiger partial charge in [-0.15, -0.1) is 0 Å². The highest BCUT2D eigenvalue weighted by molar-refractivity contribution is 7.90. The number of nitrogens with zero attached hydrogens (tertiary/aromatic N) is 1. The van der Waals surface area contributed by atoms with Crippen LogP contribution >= 0.6 is 0 Å². The monoisotopic (exact) mass is 222 g/mol. The number of hydrogen-bond acceptors (Lipinski definition) is 4. The van der Waals surface area contributed by atoms with Crippen LogP contribution in [0.25, 0.3) is 0 Å². The summed E-state index contributed by atoms with van der Waals surface area (Å²) in [7, 11) is -1.43. The molecule has 1 atom stereocenters. The van der Waals surface area contributed by atoms with Crippen molar-refractivity contribution in [2.45, 2.75) is 6.92 Å². The molecular formula is C8H18N2O3S. The van der Waals surface area contributed by atoms with Gasteiger partial charge in [0.05, 0.1) is 5.75 Å². The van der Waals surface area contributed by atoms with Gasteiger partial charge in [-0.1, -0.05) is 6.92 Å². The van der Waals surface area contributed by atoms with Gasteiger partial charge in [0.1, 0.15) is 9.84 Å². The van der Waals surface area contributed by atoms with Crippen LogP contribution in [-0.2, 0) is 14.6 Å². The maximum atomic E-state index is 11.4.